The summed E-state index contributed by atoms with van der Waals surface area (Å²) in [5.74, 6) is 0.158. The van der Waals surface area contributed by atoms with Crippen LogP contribution in [0, 0.1) is 10.1 Å². The zero-order valence-corrected chi connectivity index (χ0v) is 18.2. The predicted molar refractivity (Wildman–Crippen MR) is 127 cm³/mol. The molecule has 3 aromatic carbocycles. The normalized spacial score (nSPS) is 16.0. The number of nitrogens with one attached hydrogen (secondary N) is 2. The summed E-state index contributed by atoms with van der Waals surface area (Å²) in [6.07, 6.45) is 3.64. The van der Waals surface area contributed by atoms with Gasteiger partial charge in [0, 0.05) is 29.1 Å². The maximum absolute atomic E-state index is 12.3. The lowest BCUT2D eigenvalue weighted by Crippen LogP contribution is -2.38. The van der Waals surface area contributed by atoms with E-state index in [1.807, 2.05) is 19.1 Å². The second kappa shape index (κ2) is 9.45. The quantitative estimate of drug-likeness (QED) is 0.295. The molecule has 0 saturated carbocycles. The minimum absolute atomic E-state index is 0.0360. The van der Waals surface area contributed by atoms with E-state index in [1.165, 1.54) is 24.3 Å². The number of anilines is 2. The van der Waals surface area contributed by atoms with Crippen molar-refractivity contribution in [2.24, 2.45) is 0 Å². The van der Waals surface area contributed by atoms with Gasteiger partial charge >= 0.3 is 12.0 Å². The van der Waals surface area contributed by atoms with Crippen molar-refractivity contribution in [3.8, 4) is 5.75 Å². The summed E-state index contributed by atoms with van der Waals surface area (Å²) in [5.41, 5.74) is 1.28. The highest BCUT2D eigenvalue weighted by Gasteiger charge is 2.29. The third-order valence-electron chi connectivity index (χ3n) is 5.06. The number of nitro groups is 1. The zero-order chi connectivity index (χ0) is 24.1. The number of urea groups is 1. The van der Waals surface area contributed by atoms with Crippen molar-refractivity contribution in [1.82, 2.24) is 0 Å². The fraction of sp³-hybridized carbons (Fsp3) is 0.120. The Hall–Kier alpha value is -4.66. The molecule has 0 fully saturated rings. The van der Waals surface area contributed by atoms with Crippen LogP contribution < -0.4 is 15.4 Å². The molecule has 1 unspecified atom stereocenters. The Morgan fingerprint density at radius 3 is 2.38 bits per heavy atom. The first kappa shape index (κ1) is 22.5. The van der Waals surface area contributed by atoms with Crippen LogP contribution in [0.15, 0.2) is 78.9 Å². The maximum atomic E-state index is 12.3. The van der Waals surface area contributed by atoms with E-state index in [2.05, 4.69) is 10.6 Å². The molecule has 3 aromatic rings. The Balaban J connectivity index is 1.35. The maximum Gasteiger partial charge on any atom is 0.338 e. The van der Waals surface area contributed by atoms with Gasteiger partial charge in [-0.1, -0.05) is 24.3 Å². The SMILES string of the molecule is CC1(COC(=O)c2ccccc2)C=Cc2cc(NC(=O)Nc3ccc([N+](=O)[O-])cc3)ccc2O1. The number of carbonyl (C=O) groups excluding carboxylic acids is 2. The van der Waals surface area contributed by atoms with Crippen molar-refractivity contribution in [2.75, 3.05) is 17.2 Å². The molecule has 2 N–H and O–H groups in total. The summed E-state index contributed by atoms with van der Waals surface area (Å²) >= 11 is 0. The third-order valence-corrected chi connectivity index (χ3v) is 5.06. The van der Waals surface area contributed by atoms with Crippen LogP contribution in [0.4, 0.5) is 21.9 Å². The number of nitrogens with zero attached hydrogens (tertiary/aromatic N) is 1. The molecule has 0 spiro atoms. The molecule has 0 aromatic heterocycles. The van der Waals surface area contributed by atoms with Gasteiger partial charge in [0.1, 0.15) is 12.4 Å². The summed E-state index contributed by atoms with van der Waals surface area (Å²) in [5, 5.41) is 16.1. The standard InChI is InChI=1S/C25H21N3O6/c1-25(16-33-23(29)17-5-3-2-4-6-17)14-13-18-15-20(9-12-22(18)34-25)27-24(30)26-19-7-10-21(11-8-19)28(31)32/h2-15H,16H2,1H3,(H2,26,27,30). The molecule has 9 heteroatoms. The molecule has 0 saturated heterocycles. The number of fused-ring (bicyclic) bond motifs is 1. The topological polar surface area (TPSA) is 120 Å². The summed E-state index contributed by atoms with van der Waals surface area (Å²) in [6, 6.07) is 18.9. The molecule has 0 radical (unpaired) electrons. The molecule has 1 heterocycles. The largest absolute Gasteiger partial charge is 0.479 e. The Bertz CT molecular complexity index is 1260. The van der Waals surface area contributed by atoms with E-state index < -0.39 is 22.5 Å². The van der Waals surface area contributed by atoms with E-state index in [-0.39, 0.29) is 12.3 Å². The van der Waals surface area contributed by atoms with Gasteiger partial charge in [-0.15, -0.1) is 0 Å². The minimum atomic E-state index is -0.834. The number of rotatable bonds is 6. The predicted octanol–water partition coefficient (Wildman–Crippen LogP) is 5.26. The van der Waals surface area contributed by atoms with Crippen LogP contribution >= 0.6 is 0 Å². The number of carbonyl (C=O) groups is 2. The molecule has 0 aliphatic carbocycles. The van der Waals surface area contributed by atoms with Gasteiger partial charge in [-0.05, 0) is 55.5 Å². The number of non-ortho nitro benzene ring substituents is 1. The molecule has 0 bridgehead atoms. The van der Waals surface area contributed by atoms with E-state index in [4.69, 9.17) is 9.47 Å². The van der Waals surface area contributed by atoms with Gasteiger partial charge in [0.25, 0.3) is 5.69 Å². The lowest BCUT2D eigenvalue weighted by Gasteiger charge is -2.31. The van der Waals surface area contributed by atoms with Gasteiger partial charge in [0.05, 0.1) is 10.5 Å². The van der Waals surface area contributed by atoms with Crippen molar-refractivity contribution < 1.29 is 24.0 Å². The number of hydrogen-bond acceptors (Lipinski definition) is 6. The summed E-state index contributed by atoms with van der Waals surface area (Å²) < 4.78 is 11.5. The number of nitro benzene ring substituents is 1. The van der Waals surface area contributed by atoms with Crippen LogP contribution in [0.5, 0.6) is 5.75 Å². The molecule has 172 valence electrons. The molecule has 1 atom stereocenters. The molecule has 34 heavy (non-hydrogen) atoms. The van der Waals surface area contributed by atoms with Gasteiger partial charge in [0.15, 0.2) is 5.60 Å². The average Bonchev–Trinajstić information content (AvgIpc) is 2.83. The smallest absolute Gasteiger partial charge is 0.338 e. The summed E-state index contributed by atoms with van der Waals surface area (Å²) in [7, 11) is 0. The Kier molecular flexibility index (Phi) is 6.26. The van der Waals surface area contributed by atoms with Crippen molar-refractivity contribution in [2.45, 2.75) is 12.5 Å². The summed E-state index contributed by atoms with van der Waals surface area (Å²) in [4.78, 5) is 34.7. The van der Waals surface area contributed by atoms with Gasteiger partial charge in [0.2, 0.25) is 0 Å². The fourth-order valence-corrected chi connectivity index (χ4v) is 3.30. The van der Waals surface area contributed by atoms with Gasteiger partial charge in [-0.2, -0.15) is 0 Å². The second-order valence-electron chi connectivity index (χ2n) is 7.83. The van der Waals surface area contributed by atoms with E-state index in [0.717, 1.165) is 5.56 Å². The van der Waals surface area contributed by atoms with Crippen LogP contribution in [0.1, 0.15) is 22.8 Å². The summed E-state index contributed by atoms with van der Waals surface area (Å²) in [6.45, 7) is 1.85. The highest BCUT2D eigenvalue weighted by Crippen LogP contribution is 2.33. The first-order valence-electron chi connectivity index (χ1n) is 10.4. The highest BCUT2D eigenvalue weighted by atomic mass is 16.6. The van der Waals surface area contributed by atoms with Crippen molar-refractivity contribution >= 4 is 35.1 Å². The zero-order valence-electron chi connectivity index (χ0n) is 18.2. The van der Waals surface area contributed by atoms with Crippen molar-refractivity contribution in [3.05, 3.63) is 100 Å². The first-order valence-corrected chi connectivity index (χ1v) is 10.4. The molecule has 9 nitrogen and oxygen atoms in total. The fourth-order valence-electron chi connectivity index (χ4n) is 3.30. The molecule has 1 aliphatic heterocycles. The monoisotopic (exact) mass is 459 g/mol. The number of ether oxygens (including phenoxy) is 2. The van der Waals surface area contributed by atoms with Crippen molar-refractivity contribution in [3.63, 3.8) is 0 Å². The minimum Gasteiger partial charge on any atom is -0.479 e. The van der Waals surface area contributed by atoms with Gasteiger partial charge in [-0.3, -0.25) is 10.1 Å². The van der Waals surface area contributed by atoms with Gasteiger partial charge < -0.3 is 20.1 Å². The van der Waals surface area contributed by atoms with Gasteiger partial charge in [-0.25, -0.2) is 9.59 Å². The third kappa shape index (κ3) is 5.39. The number of hydrogen-bond donors (Lipinski definition) is 2. The molecule has 2 amide bonds. The van der Waals surface area contributed by atoms with Crippen LogP contribution in [-0.4, -0.2) is 29.1 Å². The lowest BCUT2D eigenvalue weighted by molar-refractivity contribution is -0.384. The highest BCUT2D eigenvalue weighted by molar-refractivity contribution is 6.00. The first-order chi connectivity index (χ1) is 16.3. The van der Waals surface area contributed by atoms with E-state index in [0.29, 0.717) is 22.7 Å². The molecular weight excluding hydrogens is 438 g/mol. The molecule has 4 rings (SSSR count). The Morgan fingerprint density at radius 2 is 1.68 bits per heavy atom. The van der Waals surface area contributed by atoms with Crippen LogP contribution in [-0.2, 0) is 4.74 Å². The van der Waals surface area contributed by atoms with Crippen molar-refractivity contribution in [1.29, 1.82) is 0 Å². The average molecular weight is 459 g/mol. The van der Waals surface area contributed by atoms with Crippen LogP contribution in [0.2, 0.25) is 0 Å². The molecule has 1 aliphatic rings. The Morgan fingerprint density at radius 1 is 1.00 bits per heavy atom. The number of benzene rings is 3. The number of amides is 2. The molecular formula is C25H21N3O6. The second-order valence-corrected chi connectivity index (χ2v) is 7.83. The Labute approximate surface area is 195 Å². The van der Waals surface area contributed by atoms with Crippen LogP contribution in [0.3, 0.4) is 0 Å². The number of esters is 1. The van der Waals surface area contributed by atoms with E-state index >= 15 is 0 Å². The van der Waals surface area contributed by atoms with E-state index in [9.17, 15) is 19.7 Å². The van der Waals surface area contributed by atoms with Crippen LogP contribution in [0.25, 0.3) is 6.08 Å². The lowest BCUT2D eigenvalue weighted by atomic mass is 10.0. The van der Waals surface area contributed by atoms with E-state index in [1.54, 1.807) is 48.5 Å².